The van der Waals surface area contributed by atoms with E-state index >= 15 is 0 Å². The molecule has 0 heterocycles. The van der Waals surface area contributed by atoms with Gasteiger partial charge in [-0.1, -0.05) is 0 Å². The summed E-state index contributed by atoms with van der Waals surface area (Å²) in [5, 5.41) is 5.68. The normalized spacial score (nSPS) is 11.8. The molecule has 0 aromatic rings. The van der Waals surface area contributed by atoms with Crippen LogP contribution in [0.5, 0.6) is 0 Å². The van der Waals surface area contributed by atoms with Crippen LogP contribution < -0.4 is 10.6 Å². The predicted octanol–water partition coefficient (Wildman–Crippen LogP) is 0.661. The molecule has 6 nitrogen and oxygen atoms in total. The predicted molar refractivity (Wildman–Crippen MR) is 91.0 cm³/mol. The minimum atomic E-state index is -0.720. The van der Waals surface area contributed by atoms with Crippen molar-refractivity contribution in [1.82, 2.24) is 15.5 Å². The Hall–Kier alpha value is -1.08. The highest BCUT2D eigenvalue weighted by Crippen LogP contribution is 2.09. The second-order valence-electron chi connectivity index (χ2n) is 5.27. The van der Waals surface area contributed by atoms with Crippen LogP contribution in [0.2, 0.25) is 0 Å². The molecule has 0 radical (unpaired) electrons. The number of nitrogens with zero attached hydrogens (tertiary/aromatic N) is 1. The second-order valence-corrected chi connectivity index (χ2v) is 6.26. The van der Waals surface area contributed by atoms with Crippen LogP contribution in [-0.4, -0.2) is 67.7 Å². The minimum Gasteiger partial charge on any atom is -0.353 e. The van der Waals surface area contributed by atoms with Gasteiger partial charge in [-0.2, -0.15) is 11.8 Å². The summed E-state index contributed by atoms with van der Waals surface area (Å²) in [4.78, 5) is 37.2. The van der Waals surface area contributed by atoms with E-state index in [2.05, 4.69) is 10.6 Å². The van der Waals surface area contributed by atoms with Crippen LogP contribution in [0.15, 0.2) is 0 Å². The Kier molecular flexibility index (Phi) is 11.9. The quantitative estimate of drug-likeness (QED) is 0.514. The molecule has 0 fully saturated rings. The zero-order valence-corrected chi connectivity index (χ0v) is 14.9. The van der Waals surface area contributed by atoms with E-state index < -0.39 is 6.04 Å². The highest BCUT2D eigenvalue weighted by molar-refractivity contribution is 7.98. The van der Waals surface area contributed by atoms with E-state index in [1.807, 2.05) is 6.26 Å². The molecule has 0 aromatic carbocycles. The number of hydrogen-bond donors (Lipinski definition) is 2. The van der Waals surface area contributed by atoms with Crippen LogP contribution in [-0.2, 0) is 14.4 Å². The molecule has 0 saturated heterocycles. The SMILES string of the molecule is CNCCNC(=O)C(CC(C)=O)N(C)C(=O)CCCCSC. The molecule has 128 valence electrons. The van der Waals surface area contributed by atoms with E-state index in [9.17, 15) is 14.4 Å². The maximum absolute atomic E-state index is 12.2. The van der Waals surface area contributed by atoms with E-state index in [0.29, 0.717) is 19.5 Å². The summed E-state index contributed by atoms with van der Waals surface area (Å²) in [6.07, 6.45) is 4.28. The fraction of sp³-hybridized carbons (Fsp3) is 0.800. The average molecular weight is 331 g/mol. The van der Waals surface area contributed by atoms with Crippen molar-refractivity contribution in [2.24, 2.45) is 0 Å². The number of nitrogens with one attached hydrogen (secondary N) is 2. The second kappa shape index (κ2) is 12.5. The summed E-state index contributed by atoms with van der Waals surface area (Å²) in [5.74, 6) is 0.565. The molecule has 7 heteroatoms. The lowest BCUT2D eigenvalue weighted by Gasteiger charge is -2.26. The third kappa shape index (κ3) is 9.04. The lowest BCUT2D eigenvalue weighted by atomic mass is 10.1. The topological polar surface area (TPSA) is 78.5 Å². The first-order valence-corrected chi connectivity index (χ1v) is 8.99. The zero-order chi connectivity index (χ0) is 17.0. The van der Waals surface area contributed by atoms with Crippen LogP contribution >= 0.6 is 11.8 Å². The molecule has 0 aliphatic rings. The molecule has 2 N–H and O–H groups in total. The standard InChI is InChI=1S/C15H29N3O3S/c1-12(19)11-13(15(21)17-9-8-16-2)18(3)14(20)7-5-6-10-22-4/h13,16H,5-11H2,1-4H3,(H,17,21). The van der Waals surface area contributed by atoms with E-state index in [0.717, 1.165) is 18.6 Å². The molecule has 1 unspecified atom stereocenters. The number of carbonyl (C=O) groups excluding carboxylic acids is 3. The first-order valence-electron chi connectivity index (χ1n) is 7.60. The first-order chi connectivity index (χ1) is 10.4. The van der Waals surface area contributed by atoms with Gasteiger partial charge in [0.05, 0.1) is 0 Å². The first kappa shape index (κ1) is 20.9. The van der Waals surface area contributed by atoms with Gasteiger partial charge in [-0.05, 0) is 38.8 Å². The van der Waals surface area contributed by atoms with Crippen molar-refractivity contribution in [3.63, 3.8) is 0 Å². The largest absolute Gasteiger partial charge is 0.353 e. The Morgan fingerprint density at radius 1 is 1.18 bits per heavy atom. The third-order valence-electron chi connectivity index (χ3n) is 3.31. The summed E-state index contributed by atoms with van der Waals surface area (Å²) in [6, 6.07) is -0.720. The number of rotatable bonds is 12. The third-order valence-corrected chi connectivity index (χ3v) is 4.00. The number of unbranched alkanes of at least 4 members (excludes halogenated alkanes) is 1. The molecule has 22 heavy (non-hydrogen) atoms. The van der Waals surface area contributed by atoms with Crippen LogP contribution in [0, 0.1) is 0 Å². The maximum Gasteiger partial charge on any atom is 0.243 e. The zero-order valence-electron chi connectivity index (χ0n) is 14.1. The van der Waals surface area contributed by atoms with Gasteiger partial charge >= 0.3 is 0 Å². The molecule has 0 spiro atoms. The van der Waals surface area contributed by atoms with Gasteiger partial charge in [0.25, 0.3) is 0 Å². The molecular weight excluding hydrogens is 302 g/mol. The fourth-order valence-electron chi connectivity index (χ4n) is 1.98. The van der Waals surface area contributed by atoms with E-state index in [-0.39, 0.29) is 24.0 Å². The molecule has 1 atom stereocenters. The molecule has 0 aliphatic heterocycles. The summed E-state index contributed by atoms with van der Waals surface area (Å²) < 4.78 is 0. The van der Waals surface area contributed by atoms with Gasteiger partial charge in [-0.25, -0.2) is 0 Å². The number of thioether (sulfide) groups is 1. The van der Waals surface area contributed by atoms with Gasteiger partial charge in [0, 0.05) is 33.0 Å². The highest BCUT2D eigenvalue weighted by Gasteiger charge is 2.27. The highest BCUT2D eigenvalue weighted by atomic mass is 32.2. The van der Waals surface area contributed by atoms with Crippen molar-refractivity contribution in [3.05, 3.63) is 0 Å². The molecule has 0 rings (SSSR count). The summed E-state index contributed by atoms with van der Waals surface area (Å²) >= 11 is 1.75. The van der Waals surface area contributed by atoms with Crippen molar-refractivity contribution < 1.29 is 14.4 Å². The maximum atomic E-state index is 12.2. The minimum absolute atomic E-state index is 0.0540. The van der Waals surface area contributed by atoms with Gasteiger partial charge in [0.2, 0.25) is 11.8 Å². The van der Waals surface area contributed by atoms with Crippen molar-refractivity contribution in [1.29, 1.82) is 0 Å². The monoisotopic (exact) mass is 331 g/mol. The van der Waals surface area contributed by atoms with Gasteiger partial charge in [-0.15, -0.1) is 0 Å². The summed E-state index contributed by atoms with van der Waals surface area (Å²) in [5.41, 5.74) is 0. The smallest absolute Gasteiger partial charge is 0.243 e. The molecule has 0 aliphatic carbocycles. The number of likely N-dealkylation sites (N-methyl/N-ethyl adjacent to an activating group) is 2. The summed E-state index contributed by atoms with van der Waals surface area (Å²) in [7, 11) is 3.39. The van der Waals surface area contributed by atoms with Crippen LogP contribution in [0.1, 0.15) is 32.6 Å². The van der Waals surface area contributed by atoms with Gasteiger partial charge < -0.3 is 15.5 Å². The molecule has 0 aromatic heterocycles. The number of ketones is 1. The van der Waals surface area contributed by atoms with Crippen molar-refractivity contribution in [2.75, 3.05) is 39.2 Å². The van der Waals surface area contributed by atoms with Crippen LogP contribution in [0.3, 0.4) is 0 Å². The summed E-state index contributed by atoms with van der Waals surface area (Å²) in [6.45, 7) is 2.55. The fourth-order valence-corrected chi connectivity index (χ4v) is 2.47. The van der Waals surface area contributed by atoms with E-state index in [1.54, 1.807) is 25.9 Å². The van der Waals surface area contributed by atoms with Crippen LogP contribution in [0.25, 0.3) is 0 Å². The molecule has 0 saturated carbocycles. The number of Topliss-reactive ketones (excluding diaryl/α,β-unsaturated/α-hetero) is 1. The molecule has 2 amide bonds. The van der Waals surface area contributed by atoms with E-state index in [4.69, 9.17) is 0 Å². The Balaban J connectivity index is 4.54. The Bertz CT molecular complexity index is 364. The lowest BCUT2D eigenvalue weighted by Crippen LogP contribution is -2.49. The molecular formula is C15H29N3O3S. The Labute approximate surface area is 137 Å². The lowest BCUT2D eigenvalue weighted by molar-refractivity contribution is -0.140. The van der Waals surface area contributed by atoms with Gasteiger partial charge in [0.15, 0.2) is 0 Å². The Morgan fingerprint density at radius 3 is 2.41 bits per heavy atom. The van der Waals surface area contributed by atoms with Crippen molar-refractivity contribution in [2.45, 2.75) is 38.6 Å². The van der Waals surface area contributed by atoms with E-state index in [1.165, 1.54) is 11.8 Å². The van der Waals surface area contributed by atoms with Crippen molar-refractivity contribution >= 4 is 29.4 Å². The number of amides is 2. The van der Waals surface area contributed by atoms with Gasteiger partial charge in [-0.3, -0.25) is 14.4 Å². The van der Waals surface area contributed by atoms with Crippen molar-refractivity contribution in [3.8, 4) is 0 Å². The Morgan fingerprint density at radius 2 is 1.86 bits per heavy atom. The average Bonchev–Trinajstić information content (AvgIpc) is 2.48. The van der Waals surface area contributed by atoms with Crippen LogP contribution in [0.4, 0.5) is 0 Å². The number of carbonyl (C=O) groups is 3. The van der Waals surface area contributed by atoms with Gasteiger partial charge in [0.1, 0.15) is 11.8 Å². The number of hydrogen-bond acceptors (Lipinski definition) is 5. The molecule has 0 bridgehead atoms.